The number of nitro benzene ring substituents is 1. The summed E-state index contributed by atoms with van der Waals surface area (Å²) in [4.78, 5) is 10.7. The molecule has 0 aliphatic heterocycles. The van der Waals surface area contributed by atoms with E-state index in [1.807, 2.05) is 19.9 Å². The number of nitro groups is 1. The zero-order valence-corrected chi connectivity index (χ0v) is 12.2. The van der Waals surface area contributed by atoms with Crippen LogP contribution >= 0.6 is 0 Å². The monoisotopic (exact) mass is 264 g/mol. The van der Waals surface area contributed by atoms with Gasteiger partial charge in [0.1, 0.15) is 5.69 Å². The van der Waals surface area contributed by atoms with Gasteiger partial charge in [0.2, 0.25) is 0 Å². The summed E-state index contributed by atoms with van der Waals surface area (Å²) < 4.78 is 0. The minimum atomic E-state index is -0.314. The lowest BCUT2D eigenvalue weighted by Crippen LogP contribution is -2.05. The highest BCUT2D eigenvalue weighted by molar-refractivity contribution is 5.64. The highest BCUT2D eigenvalue weighted by atomic mass is 16.6. The SMILES string of the molecule is CCCCCCCNc1cc(C)c(C)cc1[N+](=O)[O-]. The van der Waals surface area contributed by atoms with E-state index < -0.39 is 0 Å². The zero-order chi connectivity index (χ0) is 14.3. The standard InChI is InChI=1S/C15H24N2O2/c1-4-5-6-7-8-9-16-14-10-12(2)13(3)11-15(14)17(18)19/h10-11,16H,4-9H2,1-3H3. The number of benzene rings is 1. The largest absolute Gasteiger partial charge is 0.379 e. The van der Waals surface area contributed by atoms with Crippen LogP contribution in [-0.2, 0) is 0 Å². The molecule has 1 aromatic rings. The Morgan fingerprint density at radius 3 is 2.37 bits per heavy atom. The van der Waals surface area contributed by atoms with Gasteiger partial charge in [-0.2, -0.15) is 0 Å². The van der Waals surface area contributed by atoms with E-state index in [0.717, 1.165) is 24.1 Å². The van der Waals surface area contributed by atoms with Gasteiger partial charge in [-0.3, -0.25) is 10.1 Å². The van der Waals surface area contributed by atoms with Crippen LogP contribution in [0.4, 0.5) is 11.4 Å². The maximum absolute atomic E-state index is 11.0. The van der Waals surface area contributed by atoms with E-state index in [-0.39, 0.29) is 10.6 Å². The predicted molar refractivity (Wildman–Crippen MR) is 79.8 cm³/mol. The molecule has 0 heterocycles. The van der Waals surface area contributed by atoms with Crippen molar-refractivity contribution in [1.82, 2.24) is 0 Å². The van der Waals surface area contributed by atoms with Crippen LogP contribution in [-0.4, -0.2) is 11.5 Å². The number of nitrogens with one attached hydrogen (secondary N) is 1. The fourth-order valence-corrected chi connectivity index (χ4v) is 2.05. The summed E-state index contributed by atoms with van der Waals surface area (Å²) >= 11 is 0. The van der Waals surface area contributed by atoms with Gasteiger partial charge in [-0.25, -0.2) is 0 Å². The Morgan fingerprint density at radius 2 is 1.74 bits per heavy atom. The molecule has 0 amide bonds. The van der Waals surface area contributed by atoms with Crippen molar-refractivity contribution in [3.05, 3.63) is 33.4 Å². The van der Waals surface area contributed by atoms with E-state index in [1.54, 1.807) is 6.07 Å². The fourth-order valence-electron chi connectivity index (χ4n) is 2.05. The van der Waals surface area contributed by atoms with Gasteiger partial charge in [-0.1, -0.05) is 32.6 Å². The first-order chi connectivity index (χ1) is 9.06. The quantitative estimate of drug-likeness (QED) is 0.424. The van der Waals surface area contributed by atoms with Gasteiger partial charge in [0, 0.05) is 12.6 Å². The smallest absolute Gasteiger partial charge is 0.292 e. The van der Waals surface area contributed by atoms with Crippen molar-refractivity contribution in [2.45, 2.75) is 52.9 Å². The summed E-state index contributed by atoms with van der Waals surface area (Å²) in [5.41, 5.74) is 2.86. The molecule has 0 unspecified atom stereocenters. The summed E-state index contributed by atoms with van der Waals surface area (Å²) in [5.74, 6) is 0. The fraction of sp³-hybridized carbons (Fsp3) is 0.600. The van der Waals surface area contributed by atoms with Gasteiger partial charge in [-0.15, -0.1) is 0 Å². The maximum Gasteiger partial charge on any atom is 0.292 e. The molecule has 106 valence electrons. The van der Waals surface area contributed by atoms with Gasteiger partial charge in [0.05, 0.1) is 4.92 Å². The average molecular weight is 264 g/mol. The van der Waals surface area contributed by atoms with Crippen molar-refractivity contribution in [2.24, 2.45) is 0 Å². The van der Waals surface area contributed by atoms with Crippen LogP contribution < -0.4 is 5.32 Å². The van der Waals surface area contributed by atoms with Crippen LogP contribution in [0.2, 0.25) is 0 Å². The Morgan fingerprint density at radius 1 is 1.11 bits per heavy atom. The number of unbranched alkanes of at least 4 members (excludes halogenated alkanes) is 4. The molecular formula is C15H24N2O2. The molecule has 0 aliphatic carbocycles. The van der Waals surface area contributed by atoms with Crippen molar-refractivity contribution >= 4 is 11.4 Å². The average Bonchev–Trinajstić information content (AvgIpc) is 2.37. The summed E-state index contributed by atoms with van der Waals surface area (Å²) in [6, 6.07) is 3.52. The molecule has 1 rings (SSSR count). The van der Waals surface area contributed by atoms with Crippen LogP contribution in [0.15, 0.2) is 12.1 Å². The summed E-state index contributed by atoms with van der Waals surface area (Å²) in [6.07, 6.45) is 5.98. The molecule has 0 radical (unpaired) electrons. The van der Waals surface area contributed by atoms with Crippen molar-refractivity contribution in [3.8, 4) is 0 Å². The van der Waals surface area contributed by atoms with Crippen LogP contribution in [0, 0.1) is 24.0 Å². The van der Waals surface area contributed by atoms with Gasteiger partial charge in [-0.05, 0) is 37.5 Å². The molecule has 0 fully saturated rings. The van der Waals surface area contributed by atoms with E-state index >= 15 is 0 Å². The first-order valence-electron chi connectivity index (χ1n) is 7.05. The minimum Gasteiger partial charge on any atom is -0.379 e. The Balaban J connectivity index is 2.57. The molecule has 19 heavy (non-hydrogen) atoms. The summed E-state index contributed by atoms with van der Waals surface area (Å²) in [5, 5.41) is 14.2. The van der Waals surface area contributed by atoms with Crippen LogP contribution in [0.3, 0.4) is 0 Å². The third kappa shape index (κ3) is 4.89. The molecule has 4 heteroatoms. The first kappa shape index (κ1) is 15.5. The first-order valence-corrected chi connectivity index (χ1v) is 7.05. The van der Waals surface area contributed by atoms with Crippen LogP contribution in [0.1, 0.15) is 50.2 Å². The normalized spacial score (nSPS) is 10.5. The topological polar surface area (TPSA) is 55.2 Å². The predicted octanol–water partition coefficient (Wildman–Crippen LogP) is 4.59. The minimum absolute atomic E-state index is 0.177. The Kier molecular flexibility index (Phi) is 6.33. The molecular weight excluding hydrogens is 240 g/mol. The second kappa shape index (κ2) is 7.77. The number of hydrogen-bond acceptors (Lipinski definition) is 3. The summed E-state index contributed by atoms with van der Waals surface area (Å²) in [6.45, 7) is 6.87. The number of nitrogens with zero attached hydrogens (tertiary/aromatic N) is 1. The molecule has 1 N–H and O–H groups in total. The van der Waals surface area contributed by atoms with E-state index in [2.05, 4.69) is 12.2 Å². The summed E-state index contributed by atoms with van der Waals surface area (Å²) in [7, 11) is 0. The highest BCUT2D eigenvalue weighted by Gasteiger charge is 2.14. The van der Waals surface area contributed by atoms with Gasteiger partial charge >= 0.3 is 0 Å². The van der Waals surface area contributed by atoms with Gasteiger partial charge < -0.3 is 5.32 Å². The number of rotatable bonds is 8. The van der Waals surface area contributed by atoms with Crippen LogP contribution in [0.5, 0.6) is 0 Å². The maximum atomic E-state index is 11.0. The lowest BCUT2D eigenvalue weighted by molar-refractivity contribution is -0.384. The van der Waals surface area contributed by atoms with Crippen LogP contribution in [0.25, 0.3) is 0 Å². The Labute approximate surface area is 115 Å². The molecule has 0 saturated carbocycles. The lowest BCUT2D eigenvalue weighted by Gasteiger charge is -2.09. The van der Waals surface area contributed by atoms with Crippen molar-refractivity contribution in [1.29, 1.82) is 0 Å². The van der Waals surface area contributed by atoms with Crippen molar-refractivity contribution < 1.29 is 4.92 Å². The molecule has 1 aromatic carbocycles. The zero-order valence-electron chi connectivity index (χ0n) is 12.2. The molecule has 0 aliphatic rings. The molecule has 0 bridgehead atoms. The van der Waals surface area contributed by atoms with Gasteiger partial charge in [0.25, 0.3) is 5.69 Å². The van der Waals surface area contributed by atoms with E-state index in [4.69, 9.17) is 0 Å². The number of aryl methyl sites for hydroxylation is 2. The Hall–Kier alpha value is -1.58. The van der Waals surface area contributed by atoms with Crippen molar-refractivity contribution in [3.63, 3.8) is 0 Å². The van der Waals surface area contributed by atoms with E-state index in [1.165, 1.54) is 25.7 Å². The molecule has 0 atom stereocenters. The third-order valence-electron chi connectivity index (χ3n) is 3.40. The molecule has 0 saturated heterocycles. The van der Waals surface area contributed by atoms with Gasteiger partial charge in [0.15, 0.2) is 0 Å². The number of hydrogen-bond donors (Lipinski definition) is 1. The lowest BCUT2D eigenvalue weighted by atomic mass is 10.1. The second-order valence-corrected chi connectivity index (χ2v) is 5.05. The molecule has 0 aromatic heterocycles. The third-order valence-corrected chi connectivity index (χ3v) is 3.40. The Bertz CT molecular complexity index is 430. The molecule has 0 spiro atoms. The molecule has 4 nitrogen and oxygen atoms in total. The number of anilines is 1. The van der Waals surface area contributed by atoms with E-state index in [0.29, 0.717) is 5.69 Å². The second-order valence-electron chi connectivity index (χ2n) is 5.05. The highest BCUT2D eigenvalue weighted by Crippen LogP contribution is 2.27. The van der Waals surface area contributed by atoms with Crippen molar-refractivity contribution in [2.75, 3.05) is 11.9 Å². The van der Waals surface area contributed by atoms with E-state index in [9.17, 15) is 10.1 Å².